The molecule has 0 bridgehead atoms. The van der Waals surface area contributed by atoms with Crippen LogP contribution in [0.15, 0.2) is 24.3 Å². The number of amides is 2. The van der Waals surface area contributed by atoms with Crippen LogP contribution in [-0.4, -0.2) is 34.6 Å². The van der Waals surface area contributed by atoms with Crippen LogP contribution in [0, 0.1) is 0 Å². The minimum atomic E-state index is -0.907. The Hall–Kier alpha value is -2.04. The summed E-state index contributed by atoms with van der Waals surface area (Å²) < 4.78 is 0. The van der Waals surface area contributed by atoms with E-state index >= 15 is 0 Å². The highest BCUT2D eigenvalue weighted by atomic mass is 16.4. The van der Waals surface area contributed by atoms with E-state index in [0.717, 1.165) is 11.3 Å². The van der Waals surface area contributed by atoms with E-state index in [0.29, 0.717) is 12.5 Å². The molecular weight excluding hydrogens is 268 g/mol. The number of carboxylic acid groups (broad SMARTS) is 1. The molecule has 21 heavy (non-hydrogen) atoms. The van der Waals surface area contributed by atoms with Crippen LogP contribution in [0.1, 0.15) is 45.6 Å². The Morgan fingerprint density at radius 2 is 1.95 bits per heavy atom. The zero-order valence-electron chi connectivity index (χ0n) is 13.1. The van der Waals surface area contributed by atoms with Crippen molar-refractivity contribution in [2.24, 2.45) is 0 Å². The number of benzene rings is 1. The van der Waals surface area contributed by atoms with Gasteiger partial charge in [-0.25, -0.2) is 4.79 Å². The largest absolute Gasteiger partial charge is 0.481 e. The molecule has 1 aromatic rings. The van der Waals surface area contributed by atoms with Gasteiger partial charge in [-0.2, -0.15) is 0 Å². The summed E-state index contributed by atoms with van der Waals surface area (Å²) in [6.45, 7) is 8.22. The van der Waals surface area contributed by atoms with Crippen molar-refractivity contribution in [3.8, 4) is 0 Å². The van der Waals surface area contributed by atoms with Crippen LogP contribution in [0.25, 0.3) is 0 Å². The maximum Gasteiger partial charge on any atom is 0.322 e. The van der Waals surface area contributed by atoms with Gasteiger partial charge in [-0.3, -0.25) is 4.79 Å². The van der Waals surface area contributed by atoms with Crippen molar-refractivity contribution >= 4 is 17.7 Å². The predicted octanol–water partition coefficient (Wildman–Crippen LogP) is 3.53. The molecule has 0 fully saturated rings. The molecule has 0 radical (unpaired) electrons. The molecular formula is C16H24N2O3. The number of rotatable bonds is 6. The summed E-state index contributed by atoms with van der Waals surface area (Å²) in [6, 6.07) is 7.08. The van der Waals surface area contributed by atoms with Gasteiger partial charge >= 0.3 is 12.0 Å². The summed E-state index contributed by atoms with van der Waals surface area (Å²) in [5.41, 5.74) is 1.88. The van der Waals surface area contributed by atoms with Gasteiger partial charge in [0, 0.05) is 18.3 Å². The lowest BCUT2D eigenvalue weighted by Gasteiger charge is -2.27. The third-order valence-corrected chi connectivity index (χ3v) is 3.41. The highest BCUT2D eigenvalue weighted by Crippen LogP contribution is 2.19. The second-order valence-corrected chi connectivity index (χ2v) is 5.44. The molecule has 2 amide bonds. The van der Waals surface area contributed by atoms with Crippen molar-refractivity contribution in [3.05, 3.63) is 29.8 Å². The Labute approximate surface area is 126 Å². The summed E-state index contributed by atoms with van der Waals surface area (Å²) in [6.07, 6.45) is -0.0622. The van der Waals surface area contributed by atoms with Crippen LogP contribution in [0.2, 0.25) is 0 Å². The Kier molecular flexibility index (Phi) is 6.21. The molecule has 5 nitrogen and oxygen atoms in total. The first-order valence-corrected chi connectivity index (χ1v) is 7.24. The van der Waals surface area contributed by atoms with E-state index in [-0.39, 0.29) is 18.5 Å². The molecule has 0 saturated heterocycles. The van der Waals surface area contributed by atoms with Gasteiger partial charge in [0.25, 0.3) is 0 Å². The Morgan fingerprint density at radius 1 is 1.29 bits per heavy atom. The smallest absolute Gasteiger partial charge is 0.322 e. The number of nitrogens with zero attached hydrogens (tertiary/aromatic N) is 1. The third-order valence-electron chi connectivity index (χ3n) is 3.41. The van der Waals surface area contributed by atoms with Crippen molar-refractivity contribution in [1.82, 2.24) is 4.90 Å². The average molecular weight is 292 g/mol. The quantitative estimate of drug-likeness (QED) is 0.842. The summed E-state index contributed by atoms with van der Waals surface area (Å²) >= 11 is 0. The fraction of sp³-hybridized carbons (Fsp3) is 0.500. The van der Waals surface area contributed by atoms with Gasteiger partial charge < -0.3 is 15.3 Å². The van der Waals surface area contributed by atoms with Gasteiger partial charge in [0.15, 0.2) is 0 Å². The molecule has 1 rings (SSSR count). The standard InChI is InChI=1S/C16H24N2O3/c1-5-18(12(4)9-15(19)20)16(21)17-14-8-6-7-13(10-14)11(2)3/h6-8,10-12H,5,9H2,1-4H3,(H,17,21)(H,19,20). The molecule has 5 heteroatoms. The molecule has 0 spiro atoms. The molecule has 0 aliphatic rings. The van der Waals surface area contributed by atoms with Gasteiger partial charge in [-0.1, -0.05) is 26.0 Å². The number of hydrogen-bond donors (Lipinski definition) is 2. The van der Waals surface area contributed by atoms with E-state index in [1.54, 1.807) is 6.92 Å². The van der Waals surface area contributed by atoms with Crippen molar-refractivity contribution in [3.63, 3.8) is 0 Å². The van der Waals surface area contributed by atoms with Gasteiger partial charge in [-0.15, -0.1) is 0 Å². The molecule has 1 atom stereocenters. The first-order valence-electron chi connectivity index (χ1n) is 7.24. The van der Waals surface area contributed by atoms with E-state index in [1.165, 1.54) is 4.90 Å². The van der Waals surface area contributed by atoms with E-state index < -0.39 is 5.97 Å². The maximum atomic E-state index is 12.3. The van der Waals surface area contributed by atoms with Crippen molar-refractivity contribution in [2.45, 2.75) is 46.1 Å². The minimum absolute atomic E-state index is 0.0622. The van der Waals surface area contributed by atoms with Crippen LogP contribution in [0.3, 0.4) is 0 Å². The monoisotopic (exact) mass is 292 g/mol. The number of nitrogens with one attached hydrogen (secondary N) is 1. The van der Waals surface area contributed by atoms with E-state index in [4.69, 9.17) is 5.11 Å². The Balaban J connectivity index is 2.78. The molecule has 0 aromatic heterocycles. The second-order valence-electron chi connectivity index (χ2n) is 5.44. The molecule has 0 saturated carbocycles. The minimum Gasteiger partial charge on any atom is -0.481 e. The van der Waals surface area contributed by atoms with Crippen LogP contribution in [0.4, 0.5) is 10.5 Å². The summed E-state index contributed by atoms with van der Waals surface area (Å²) in [4.78, 5) is 24.6. The lowest BCUT2D eigenvalue weighted by atomic mass is 10.0. The second kappa shape index (κ2) is 7.67. The van der Waals surface area contributed by atoms with Crippen molar-refractivity contribution in [1.29, 1.82) is 0 Å². The number of carbonyl (C=O) groups is 2. The van der Waals surface area contributed by atoms with Gasteiger partial charge in [0.05, 0.1) is 6.42 Å². The molecule has 0 aliphatic heterocycles. The lowest BCUT2D eigenvalue weighted by Crippen LogP contribution is -2.42. The van der Waals surface area contributed by atoms with E-state index in [9.17, 15) is 9.59 Å². The molecule has 2 N–H and O–H groups in total. The molecule has 116 valence electrons. The highest BCUT2D eigenvalue weighted by molar-refractivity contribution is 5.89. The Bertz CT molecular complexity index is 500. The molecule has 1 aromatic carbocycles. The topological polar surface area (TPSA) is 69.6 Å². The van der Waals surface area contributed by atoms with Crippen LogP contribution >= 0.6 is 0 Å². The van der Waals surface area contributed by atoms with E-state index in [1.807, 2.05) is 31.2 Å². The number of aliphatic carboxylic acids is 1. The summed E-state index contributed by atoms with van der Waals surface area (Å²) in [5, 5.41) is 11.7. The summed E-state index contributed by atoms with van der Waals surface area (Å²) in [7, 11) is 0. The van der Waals surface area contributed by atoms with E-state index in [2.05, 4.69) is 19.2 Å². The number of carboxylic acids is 1. The van der Waals surface area contributed by atoms with Gasteiger partial charge in [0.1, 0.15) is 0 Å². The lowest BCUT2D eigenvalue weighted by molar-refractivity contribution is -0.137. The van der Waals surface area contributed by atoms with Crippen LogP contribution in [-0.2, 0) is 4.79 Å². The average Bonchev–Trinajstić information content (AvgIpc) is 2.38. The van der Waals surface area contributed by atoms with Crippen LogP contribution < -0.4 is 5.32 Å². The predicted molar refractivity (Wildman–Crippen MR) is 83.6 cm³/mol. The van der Waals surface area contributed by atoms with Gasteiger partial charge in [-0.05, 0) is 37.5 Å². The normalized spacial score (nSPS) is 12.0. The maximum absolute atomic E-state index is 12.3. The zero-order chi connectivity index (χ0) is 16.0. The fourth-order valence-electron chi connectivity index (χ4n) is 2.19. The molecule has 0 aliphatic carbocycles. The number of urea groups is 1. The summed E-state index contributed by atoms with van der Waals surface area (Å²) in [5.74, 6) is -0.523. The highest BCUT2D eigenvalue weighted by Gasteiger charge is 2.20. The van der Waals surface area contributed by atoms with Crippen molar-refractivity contribution < 1.29 is 14.7 Å². The number of hydrogen-bond acceptors (Lipinski definition) is 2. The molecule has 0 heterocycles. The third kappa shape index (κ3) is 5.10. The molecule has 1 unspecified atom stereocenters. The number of anilines is 1. The van der Waals surface area contributed by atoms with Gasteiger partial charge in [0.2, 0.25) is 0 Å². The SMILES string of the molecule is CCN(C(=O)Nc1cccc(C(C)C)c1)C(C)CC(=O)O. The Morgan fingerprint density at radius 3 is 2.48 bits per heavy atom. The van der Waals surface area contributed by atoms with Crippen LogP contribution in [0.5, 0.6) is 0 Å². The first kappa shape index (κ1) is 17.0. The van der Waals surface area contributed by atoms with Crippen molar-refractivity contribution in [2.75, 3.05) is 11.9 Å². The number of carbonyl (C=O) groups excluding carboxylic acids is 1. The first-order chi connectivity index (χ1) is 9.85. The fourth-order valence-corrected chi connectivity index (χ4v) is 2.19. The zero-order valence-corrected chi connectivity index (χ0v) is 13.1.